The molecule has 2 aromatic heterocycles. The van der Waals surface area contributed by atoms with Gasteiger partial charge in [-0.25, -0.2) is 9.78 Å². The molecule has 1 fully saturated rings. The minimum Gasteiger partial charge on any atom is -0.443 e. The van der Waals surface area contributed by atoms with Crippen molar-refractivity contribution in [1.29, 1.82) is 0 Å². The molecule has 1 N–H and O–H groups in total. The lowest BCUT2D eigenvalue weighted by molar-refractivity contribution is -0.133. The normalized spacial score (nSPS) is 17.3. The first-order chi connectivity index (χ1) is 20.3. The summed E-state index contributed by atoms with van der Waals surface area (Å²) in [5.74, 6) is 1.42. The Labute approximate surface area is 254 Å². The van der Waals surface area contributed by atoms with E-state index in [4.69, 9.17) is 9.72 Å². The molecule has 43 heavy (non-hydrogen) atoms. The Morgan fingerprint density at radius 2 is 1.72 bits per heavy atom. The number of imidazole rings is 1. The van der Waals surface area contributed by atoms with Crippen LogP contribution in [0.25, 0.3) is 33.6 Å². The van der Waals surface area contributed by atoms with Gasteiger partial charge in [0.1, 0.15) is 11.4 Å². The summed E-state index contributed by atoms with van der Waals surface area (Å²) in [6.45, 7) is 15.1. The number of amides is 1. The number of nitrogens with one attached hydrogen (secondary N) is 1. The largest absolute Gasteiger partial charge is 0.443 e. The van der Waals surface area contributed by atoms with Crippen molar-refractivity contribution in [3.63, 3.8) is 0 Å². The molecule has 1 atom stereocenters. The summed E-state index contributed by atoms with van der Waals surface area (Å²) in [7, 11) is 0. The Morgan fingerprint density at radius 1 is 1.05 bits per heavy atom. The van der Waals surface area contributed by atoms with Crippen LogP contribution >= 0.6 is 0 Å². The zero-order chi connectivity index (χ0) is 30.7. The Hall–Kier alpha value is -4.13. The number of ether oxygens (including phenoxy) is 1. The van der Waals surface area contributed by atoms with E-state index >= 15 is 0 Å². The maximum atomic E-state index is 12.9. The van der Waals surface area contributed by atoms with Crippen molar-refractivity contribution < 1.29 is 14.3 Å². The fourth-order valence-electron chi connectivity index (χ4n) is 6.62. The van der Waals surface area contributed by atoms with Gasteiger partial charge in [-0.15, -0.1) is 0 Å². The molecule has 7 heteroatoms. The number of H-pyrrole nitrogens is 1. The number of rotatable bonds is 5. The Kier molecular flexibility index (Phi) is 7.10. The maximum Gasteiger partial charge on any atom is 0.418 e. The average molecular weight is 579 g/mol. The van der Waals surface area contributed by atoms with Gasteiger partial charge in [0, 0.05) is 24.6 Å². The molecule has 2 aromatic carbocycles. The number of carbonyl (C=O) groups excluding carboxylic acids is 2. The van der Waals surface area contributed by atoms with Gasteiger partial charge in [0.2, 0.25) is 5.91 Å². The van der Waals surface area contributed by atoms with Crippen LogP contribution in [0.2, 0.25) is 0 Å². The minimum absolute atomic E-state index is 0.00757. The van der Waals surface area contributed by atoms with Crippen LogP contribution in [0.3, 0.4) is 0 Å². The van der Waals surface area contributed by atoms with E-state index in [1.807, 2.05) is 44.0 Å². The molecule has 224 valence electrons. The fraction of sp³-hybridized carbons (Fsp3) is 0.417. The molecule has 1 saturated heterocycles. The smallest absolute Gasteiger partial charge is 0.418 e. The molecule has 0 radical (unpaired) electrons. The van der Waals surface area contributed by atoms with Gasteiger partial charge in [-0.3, -0.25) is 9.36 Å². The van der Waals surface area contributed by atoms with Crippen molar-refractivity contribution in [2.24, 2.45) is 5.92 Å². The first-order valence-electron chi connectivity index (χ1n) is 15.4. The number of aromatic amines is 1. The zero-order valence-corrected chi connectivity index (χ0v) is 26.3. The SMILES string of the molecule is CC(C)CC(=O)N1CCCC1c1ncc(-c2ccc3c(c2)C(C)(C)c2cc(-c4cccn4C(=O)OC(C)(C)C)ccc2-3)[nH]1. The number of carbonyl (C=O) groups is 2. The third-order valence-corrected chi connectivity index (χ3v) is 8.69. The first kappa shape index (κ1) is 29.0. The molecule has 7 nitrogen and oxygen atoms in total. The van der Waals surface area contributed by atoms with Gasteiger partial charge in [-0.05, 0) is 97.2 Å². The van der Waals surface area contributed by atoms with E-state index in [2.05, 4.69) is 69.1 Å². The highest BCUT2D eigenvalue weighted by molar-refractivity contribution is 5.86. The monoisotopic (exact) mass is 578 g/mol. The molecule has 0 bridgehead atoms. The number of likely N-dealkylation sites (tertiary alicyclic amines) is 1. The van der Waals surface area contributed by atoms with Gasteiger partial charge in [0.25, 0.3) is 0 Å². The van der Waals surface area contributed by atoms with E-state index in [-0.39, 0.29) is 23.5 Å². The van der Waals surface area contributed by atoms with Crippen LogP contribution in [0.1, 0.15) is 90.7 Å². The van der Waals surface area contributed by atoms with Gasteiger partial charge in [0.15, 0.2) is 0 Å². The first-order valence-corrected chi connectivity index (χ1v) is 15.4. The highest BCUT2D eigenvalue weighted by Crippen LogP contribution is 2.50. The zero-order valence-electron chi connectivity index (χ0n) is 26.3. The van der Waals surface area contributed by atoms with Crippen molar-refractivity contribution in [2.75, 3.05) is 6.54 Å². The van der Waals surface area contributed by atoms with Gasteiger partial charge >= 0.3 is 6.09 Å². The Balaban J connectivity index is 1.29. The summed E-state index contributed by atoms with van der Waals surface area (Å²) in [5.41, 5.74) is 7.92. The van der Waals surface area contributed by atoms with E-state index in [0.29, 0.717) is 12.3 Å². The van der Waals surface area contributed by atoms with Crippen LogP contribution in [-0.4, -0.2) is 43.6 Å². The summed E-state index contributed by atoms with van der Waals surface area (Å²) in [5, 5.41) is 0. The van der Waals surface area contributed by atoms with Crippen molar-refractivity contribution in [2.45, 2.75) is 84.8 Å². The third-order valence-electron chi connectivity index (χ3n) is 8.69. The number of nitrogens with zero attached hydrogens (tertiary/aromatic N) is 3. The summed E-state index contributed by atoms with van der Waals surface area (Å²) in [4.78, 5) is 36.1. The van der Waals surface area contributed by atoms with E-state index in [0.717, 1.165) is 47.7 Å². The van der Waals surface area contributed by atoms with Crippen LogP contribution in [0.4, 0.5) is 4.79 Å². The van der Waals surface area contributed by atoms with Crippen LogP contribution in [0, 0.1) is 5.92 Å². The average Bonchev–Trinajstić information content (AvgIpc) is 3.73. The van der Waals surface area contributed by atoms with Crippen LogP contribution < -0.4 is 0 Å². The molecular formula is C36H42N4O3. The lowest BCUT2D eigenvalue weighted by atomic mass is 9.81. The van der Waals surface area contributed by atoms with Crippen molar-refractivity contribution >= 4 is 12.0 Å². The van der Waals surface area contributed by atoms with Gasteiger partial charge in [-0.2, -0.15) is 0 Å². The van der Waals surface area contributed by atoms with Crippen LogP contribution in [0.5, 0.6) is 0 Å². The van der Waals surface area contributed by atoms with Gasteiger partial charge in [0.05, 0.1) is 23.6 Å². The lowest BCUT2D eigenvalue weighted by Gasteiger charge is -2.24. The molecule has 2 aliphatic rings. The molecular weight excluding hydrogens is 536 g/mol. The lowest BCUT2D eigenvalue weighted by Crippen LogP contribution is -2.31. The van der Waals surface area contributed by atoms with E-state index in [9.17, 15) is 9.59 Å². The quantitative estimate of drug-likeness (QED) is 0.258. The number of benzene rings is 2. The van der Waals surface area contributed by atoms with Gasteiger partial charge in [-0.1, -0.05) is 52.0 Å². The molecule has 3 heterocycles. The molecule has 4 aromatic rings. The van der Waals surface area contributed by atoms with E-state index in [1.165, 1.54) is 22.3 Å². The van der Waals surface area contributed by atoms with Crippen molar-refractivity contribution in [3.05, 3.63) is 77.9 Å². The highest BCUT2D eigenvalue weighted by atomic mass is 16.6. The number of hydrogen-bond acceptors (Lipinski definition) is 4. The Bertz CT molecular complexity index is 1700. The maximum absolute atomic E-state index is 12.9. The molecule has 0 spiro atoms. The number of fused-ring (bicyclic) bond motifs is 3. The second kappa shape index (κ2) is 10.5. The topological polar surface area (TPSA) is 80.2 Å². The predicted octanol–water partition coefficient (Wildman–Crippen LogP) is 8.34. The second-order valence-electron chi connectivity index (χ2n) is 13.9. The summed E-state index contributed by atoms with van der Waals surface area (Å²) >= 11 is 0. The second-order valence-corrected chi connectivity index (χ2v) is 13.9. The molecule has 6 rings (SSSR count). The van der Waals surface area contributed by atoms with E-state index < -0.39 is 5.60 Å². The summed E-state index contributed by atoms with van der Waals surface area (Å²) in [6.07, 6.45) is 5.77. The van der Waals surface area contributed by atoms with Crippen LogP contribution in [0.15, 0.2) is 60.9 Å². The van der Waals surface area contributed by atoms with E-state index in [1.54, 1.807) is 10.8 Å². The molecule has 1 aliphatic carbocycles. The summed E-state index contributed by atoms with van der Waals surface area (Å²) in [6, 6.07) is 16.9. The predicted molar refractivity (Wildman–Crippen MR) is 170 cm³/mol. The van der Waals surface area contributed by atoms with Gasteiger partial charge < -0.3 is 14.6 Å². The fourth-order valence-corrected chi connectivity index (χ4v) is 6.62. The number of hydrogen-bond donors (Lipinski definition) is 1. The van der Waals surface area contributed by atoms with Crippen molar-refractivity contribution in [3.8, 4) is 33.6 Å². The molecule has 1 amide bonds. The highest BCUT2D eigenvalue weighted by Gasteiger charge is 2.37. The molecule has 0 saturated carbocycles. The van der Waals surface area contributed by atoms with Crippen molar-refractivity contribution in [1.82, 2.24) is 19.4 Å². The standard InChI is InChI=1S/C36H42N4O3/c1-22(2)18-32(41)39-16-9-11-31(39)33-37-21-29(38-33)23-12-14-25-26-15-13-24(20-28(26)36(6,7)27(25)19-23)30-10-8-17-40(30)34(42)43-35(3,4)5/h8,10,12-15,17,19-22,31H,9,11,16,18H2,1-7H3,(H,37,38). The summed E-state index contributed by atoms with van der Waals surface area (Å²) < 4.78 is 7.23. The third kappa shape index (κ3) is 5.30. The Morgan fingerprint density at radius 3 is 2.40 bits per heavy atom. The minimum atomic E-state index is -0.574. The number of aromatic nitrogens is 3. The van der Waals surface area contributed by atoms with Crippen LogP contribution in [-0.2, 0) is 14.9 Å². The molecule has 1 aliphatic heterocycles. The molecule has 1 unspecified atom stereocenters.